The van der Waals surface area contributed by atoms with E-state index in [2.05, 4.69) is 278 Å². The van der Waals surface area contributed by atoms with Crippen LogP contribution in [-0.2, 0) is 10.8 Å². The molecule has 0 N–H and O–H groups in total. The first-order valence-electron chi connectivity index (χ1n) is 25.2. The van der Waals surface area contributed by atoms with E-state index in [0.29, 0.717) is 0 Å². The van der Waals surface area contributed by atoms with Crippen molar-refractivity contribution >= 4 is 38.9 Å². The zero-order valence-electron chi connectivity index (χ0n) is 40.1. The molecular weight excluding hydrogens is 869 g/mol. The number of aromatic nitrogens is 1. The molecule has 0 fully saturated rings. The van der Waals surface area contributed by atoms with E-state index < -0.39 is 5.41 Å². The fourth-order valence-electron chi connectivity index (χ4n) is 13.1. The van der Waals surface area contributed by atoms with Crippen molar-refractivity contribution in [1.82, 2.24) is 4.57 Å². The Kier molecular flexibility index (Phi) is 8.66. The van der Waals surface area contributed by atoms with Crippen molar-refractivity contribution in [2.75, 3.05) is 4.90 Å². The van der Waals surface area contributed by atoms with Crippen LogP contribution in [0.2, 0.25) is 0 Å². The van der Waals surface area contributed by atoms with Gasteiger partial charge in [-0.25, -0.2) is 0 Å². The van der Waals surface area contributed by atoms with Crippen LogP contribution >= 0.6 is 0 Å². The third-order valence-electron chi connectivity index (χ3n) is 16.4. The molecular formula is C70H48N2. The summed E-state index contributed by atoms with van der Waals surface area (Å²) in [6.07, 6.45) is 0. The summed E-state index contributed by atoms with van der Waals surface area (Å²) in [5.41, 5.74) is 27.0. The second-order valence-electron chi connectivity index (χ2n) is 20.4. The fourth-order valence-corrected chi connectivity index (χ4v) is 13.1. The van der Waals surface area contributed by atoms with Gasteiger partial charge in [0.1, 0.15) is 0 Å². The minimum absolute atomic E-state index is 0.0691. The van der Waals surface area contributed by atoms with E-state index in [0.717, 1.165) is 17.1 Å². The van der Waals surface area contributed by atoms with Gasteiger partial charge in [-0.2, -0.15) is 0 Å². The molecule has 338 valence electrons. The smallest absolute Gasteiger partial charge is 0.0755 e. The molecule has 1 aromatic heterocycles. The fraction of sp³-hybridized carbons (Fsp3) is 0.0571. The van der Waals surface area contributed by atoms with E-state index in [4.69, 9.17) is 0 Å². The second-order valence-corrected chi connectivity index (χ2v) is 20.4. The van der Waals surface area contributed by atoms with Crippen LogP contribution in [0.25, 0.3) is 83.1 Å². The Morgan fingerprint density at radius 2 is 0.778 bits per heavy atom. The third-order valence-corrected chi connectivity index (χ3v) is 16.4. The number of para-hydroxylation sites is 3. The molecule has 1 aliphatic heterocycles. The van der Waals surface area contributed by atoms with Crippen LogP contribution in [0.3, 0.4) is 0 Å². The zero-order chi connectivity index (χ0) is 47.7. The van der Waals surface area contributed by atoms with Crippen LogP contribution in [0.1, 0.15) is 47.2 Å². The highest BCUT2D eigenvalue weighted by atomic mass is 15.1. The summed E-state index contributed by atoms with van der Waals surface area (Å²) in [4.78, 5) is 2.46. The molecule has 72 heavy (non-hydrogen) atoms. The zero-order valence-corrected chi connectivity index (χ0v) is 40.1. The molecule has 0 saturated heterocycles. The average molecular weight is 917 g/mol. The standard InChI is InChI=1S/C70H48N2/c1-69(2)60-21-9-6-17-54(60)56-41-35-50(43-64(56)69)49-33-38-52(39-34-49)71(51-36-31-48(32-37-51)47-29-27-46(28-30-47)45-15-4-3-5-16-45)53-40-42-57-55-18-7-10-22-61(55)70(65(57)44-53)62-23-11-13-26-67(62)72-66-25-12-8-19-58(66)59-20-14-24-63(70)68(59)72/h3-44H,1-2H3. The van der Waals surface area contributed by atoms with Gasteiger partial charge in [-0.15, -0.1) is 0 Å². The molecule has 1 atom stereocenters. The van der Waals surface area contributed by atoms with Gasteiger partial charge in [-0.3, -0.25) is 0 Å². The lowest BCUT2D eigenvalue weighted by atomic mass is 9.65. The van der Waals surface area contributed by atoms with E-state index in [1.807, 2.05) is 0 Å². The first kappa shape index (κ1) is 40.9. The summed E-state index contributed by atoms with van der Waals surface area (Å²) in [5, 5.41) is 2.56. The molecule has 12 aromatic rings. The maximum absolute atomic E-state index is 2.52. The monoisotopic (exact) mass is 916 g/mol. The van der Waals surface area contributed by atoms with Crippen molar-refractivity contribution in [2.45, 2.75) is 24.7 Å². The normalized spacial score (nSPS) is 15.2. The minimum Gasteiger partial charge on any atom is -0.310 e. The van der Waals surface area contributed by atoms with Gasteiger partial charge in [-0.1, -0.05) is 214 Å². The van der Waals surface area contributed by atoms with E-state index in [1.54, 1.807) is 0 Å². The number of fused-ring (bicyclic) bond motifs is 15. The predicted octanol–water partition coefficient (Wildman–Crippen LogP) is 18.2. The molecule has 11 aromatic carbocycles. The van der Waals surface area contributed by atoms with Gasteiger partial charge >= 0.3 is 0 Å². The highest BCUT2D eigenvalue weighted by molar-refractivity contribution is 6.13. The summed E-state index contributed by atoms with van der Waals surface area (Å²) < 4.78 is 2.52. The number of benzene rings is 11. The summed E-state index contributed by atoms with van der Waals surface area (Å²) in [5.74, 6) is 0. The van der Waals surface area contributed by atoms with E-state index >= 15 is 0 Å². The van der Waals surface area contributed by atoms with Gasteiger partial charge in [0.15, 0.2) is 0 Å². The van der Waals surface area contributed by atoms with Crippen molar-refractivity contribution in [2.24, 2.45) is 0 Å². The summed E-state index contributed by atoms with van der Waals surface area (Å²) in [6, 6.07) is 95.3. The van der Waals surface area contributed by atoms with Gasteiger partial charge < -0.3 is 9.47 Å². The third kappa shape index (κ3) is 5.66. The SMILES string of the molecule is CC1(C)c2ccccc2-c2ccc(-c3ccc(N(c4ccc(-c5ccc(-c6ccccc6)cc5)cc4)c4ccc5c(c4)C4(c6ccccc6-5)c5ccccc5-n5c6ccccc6c6cccc4c65)cc3)cc21. The topological polar surface area (TPSA) is 8.17 Å². The van der Waals surface area contributed by atoms with E-state index in [9.17, 15) is 0 Å². The first-order valence-corrected chi connectivity index (χ1v) is 25.2. The highest BCUT2D eigenvalue weighted by Gasteiger charge is 2.51. The molecule has 2 heteroatoms. The Labute approximate surface area is 420 Å². The molecule has 15 rings (SSSR count). The minimum atomic E-state index is -0.561. The predicted molar refractivity (Wildman–Crippen MR) is 300 cm³/mol. The Morgan fingerprint density at radius 1 is 0.306 bits per heavy atom. The Bertz CT molecular complexity index is 4160. The Balaban J connectivity index is 0.903. The van der Waals surface area contributed by atoms with E-state index in [1.165, 1.54) is 117 Å². The van der Waals surface area contributed by atoms with Crippen LogP contribution in [0.15, 0.2) is 255 Å². The molecule has 1 unspecified atom stereocenters. The quantitative estimate of drug-likeness (QED) is 0.161. The highest BCUT2D eigenvalue weighted by Crippen LogP contribution is 2.62. The second kappa shape index (κ2) is 15.3. The largest absolute Gasteiger partial charge is 0.310 e. The maximum atomic E-state index is 2.52. The van der Waals surface area contributed by atoms with Crippen LogP contribution < -0.4 is 4.90 Å². The first-order chi connectivity index (χ1) is 35.5. The van der Waals surface area contributed by atoms with Gasteiger partial charge in [-0.05, 0) is 144 Å². The molecule has 3 aliphatic rings. The lowest BCUT2D eigenvalue weighted by Gasteiger charge is -2.40. The van der Waals surface area contributed by atoms with Crippen LogP contribution in [0.4, 0.5) is 17.1 Å². The Hall–Kier alpha value is -8.98. The van der Waals surface area contributed by atoms with Gasteiger partial charge in [0.05, 0.1) is 22.1 Å². The molecule has 0 bridgehead atoms. The van der Waals surface area contributed by atoms with Crippen LogP contribution in [0.5, 0.6) is 0 Å². The van der Waals surface area contributed by atoms with E-state index in [-0.39, 0.29) is 5.41 Å². The lowest BCUT2D eigenvalue weighted by molar-refractivity contribution is 0.660. The van der Waals surface area contributed by atoms with Crippen molar-refractivity contribution in [3.63, 3.8) is 0 Å². The number of hydrogen-bond acceptors (Lipinski definition) is 1. The van der Waals surface area contributed by atoms with Gasteiger partial charge in [0.2, 0.25) is 0 Å². The number of nitrogens with zero attached hydrogens (tertiary/aromatic N) is 2. The number of hydrogen-bond donors (Lipinski definition) is 0. The molecule has 2 aliphatic carbocycles. The van der Waals surface area contributed by atoms with Crippen molar-refractivity contribution in [1.29, 1.82) is 0 Å². The van der Waals surface area contributed by atoms with Crippen LogP contribution in [0, 0.1) is 0 Å². The summed E-state index contributed by atoms with van der Waals surface area (Å²) >= 11 is 0. The molecule has 0 radical (unpaired) electrons. The van der Waals surface area contributed by atoms with Crippen LogP contribution in [-0.4, -0.2) is 4.57 Å². The van der Waals surface area contributed by atoms with Gasteiger partial charge in [0, 0.05) is 33.2 Å². The molecule has 0 saturated carbocycles. The van der Waals surface area contributed by atoms with Gasteiger partial charge in [0.25, 0.3) is 0 Å². The number of anilines is 3. The maximum Gasteiger partial charge on any atom is 0.0755 e. The molecule has 1 spiro atoms. The van der Waals surface area contributed by atoms with Crippen molar-refractivity contribution in [3.8, 4) is 61.3 Å². The molecule has 0 amide bonds. The number of rotatable bonds is 6. The summed E-state index contributed by atoms with van der Waals surface area (Å²) in [6.45, 7) is 4.72. The Morgan fingerprint density at radius 3 is 1.50 bits per heavy atom. The summed E-state index contributed by atoms with van der Waals surface area (Å²) in [7, 11) is 0. The average Bonchev–Trinajstić information content (AvgIpc) is 4.02. The van der Waals surface area contributed by atoms with Crippen molar-refractivity contribution < 1.29 is 0 Å². The van der Waals surface area contributed by atoms with Crippen molar-refractivity contribution in [3.05, 3.63) is 288 Å². The lowest BCUT2D eigenvalue weighted by Crippen LogP contribution is -2.33. The molecule has 2 nitrogen and oxygen atoms in total. The molecule has 2 heterocycles.